The number of alkyl halides is 1. The molecule has 0 saturated heterocycles. The van der Waals surface area contributed by atoms with Gasteiger partial charge < -0.3 is 4.74 Å². The van der Waals surface area contributed by atoms with Gasteiger partial charge in [0.25, 0.3) is 0 Å². The third-order valence-electron chi connectivity index (χ3n) is 2.07. The van der Waals surface area contributed by atoms with E-state index in [1.165, 1.54) is 13.7 Å². The lowest BCUT2D eigenvalue weighted by molar-refractivity contribution is 0.412. The molecule has 1 nitrogen and oxygen atoms in total. The van der Waals surface area contributed by atoms with Crippen LogP contribution in [0, 0.1) is 3.57 Å². The third-order valence-corrected chi connectivity index (χ3v) is 4.62. The van der Waals surface area contributed by atoms with E-state index < -0.39 is 0 Å². The summed E-state index contributed by atoms with van der Waals surface area (Å²) in [5.41, 5.74) is 1.05. The number of thiophene rings is 1. The predicted molar refractivity (Wildman–Crippen MR) is 70.7 cm³/mol. The van der Waals surface area contributed by atoms with E-state index in [4.69, 9.17) is 16.3 Å². The number of ether oxygens (including phenoxy) is 1. The second-order valence-electron chi connectivity index (χ2n) is 2.88. The Morgan fingerprint density at radius 2 is 2.29 bits per heavy atom. The van der Waals surface area contributed by atoms with Crippen LogP contribution in [-0.4, -0.2) is 7.11 Å². The topological polar surface area (TPSA) is 9.23 Å². The first-order valence-corrected chi connectivity index (χ1v) is 6.55. The predicted octanol–water partition coefficient (Wildman–Crippen LogP) is 4.25. The maximum absolute atomic E-state index is 5.85. The largest absolute Gasteiger partial charge is 0.496 e. The van der Waals surface area contributed by atoms with Crippen molar-refractivity contribution in [3.05, 3.63) is 26.6 Å². The van der Waals surface area contributed by atoms with Gasteiger partial charge in [-0.05, 0) is 34.7 Å². The summed E-state index contributed by atoms with van der Waals surface area (Å²) >= 11 is 9.92. The maximum atomic E-state index is 5.85. The minimum Gasteiger partial charge on any atom is -0.496 e. The zero-order valence-electron chi connectivity index (χ0n) is 7.51. The molecule has 1 aromatic heterocycles. The summed E-state index contributed by atoms with van der Waals surface area (Å²) < 4.78 is 7.80. The molecule has 4 heteroatoms. The van der Waals surface area contributed by atoms with Gasteiger partial charge in [-0.15, -0.1) is 22.9 Å². The van der Waals surface area contributed by atoms with Crippen molar-refractivity contribution < 1.29 is 4.74 Å². The minimum absolute atomic E-state index is 0.491. The molecule has 0 fully saturated rings. The number of hydrogen-bond donors (Lipinski definition) is 0. The molecular formula is C10H8ClIOS. The minimum atomic E-state index is 0.491. The average Bonchev–Trinajstić information content (AvgIpc) is 2.58. The van der Waals surface area contributed by atoms with E-state index in [2.05, 4.69) is 40.1 Å². The normalized spacial score (nSPS) is 10.8. The molecule has 0 N–H and O–H groups in total. The number of benzene rings is 1. The van der Waals surface area contributed by atoms with Gasteiger partial charge in [0.05, 0.1) is 13.0 Å². The summed E-state index contributed by atoms with van der Waals surface area (Å²) in [6.45, 7) is 0. The summed E-state index contributed by atoms with van der Waals surface area (Å²) in [6, 6.07) is 4.17. The molecule has 0 unspecified atom stereocenters. The molecule has 2 aromatic rings. The van der Waals surface area contributed by atoms with Crippen molar-refractivity contribution in [2.75, 3.05) is 7.11 Å². The number of methoxy groups -OCH3 is 1. The fourth-order valence-corrected chi connectivity index (χ4v) is 3.41. The summed E-state index contributed by atoms with van der Waals surface area (Å²) in [6.07, 6.45) is 0. The van der Waals surface area contributed by atoms with Crippen molar-refractivity contribution in [1.82, 2.24) is 0 Å². The highest BCUT2D eigenvalue weighted by atomic mass is 127. The lowest BCUT2D eigenvalue weighted by atomic mass is 10.2. The van der Waals surface area contributed by atoms with Gasteiger partial charge >= 0.3 is 0 Å². The Morgan fingerprint density at radius 1 is 1.50 bits per heavy atom. The molecule has 0 aliphatic carbocycles. The van der Waals surface area contributed by atoms with Crippen LogP contribution in [0.5, 0.6) is 5.75 Å². The quantitative estimate of drug-likeness (QED) is 0.587. The molecule has 0 atom stereocenters. The summed E-state index contributed by atoms with van der Waals surface area (Å²) in [4.78, 5) is 0. The van der Waals surface area contributed by atoms with Crippen LogP contribution >= 0.6 is 45.5 Å². The van der Waals surface area contributed by atoms with Crippen LogP contribution < -0.4 is 4.74 Å². The Morgan fingerprint density at radius 3 is 2.93 bits per heavy atom. The van der Waals surface area contributed by atoms with E-state index in [0.717, 1.165) is 11.3 Å². The number of fused-ring (bicyclic) bond motifs is 1. The molecule has 1 heterocycles. The van der Waals surface area contributed by atoms with E-state index in [0.29, 0.717) is 5.88 Å². The molecule has 0 amide bonds. The Hall–Kier alpha value is -0.000000000000000167. The van der Waals surface area contributed by atoms with Gasteiger partial charge in [0, 0.05) is 24.6 Å². The fourth-order valence-electron chi connectivity index (χ4n) is 1.36. The Bertz CT molecular complexity index is 466. The standard InChI is InChI=1S/C10H8ClIOS/c1-13-9-3-10-7(2-6(9)4-11)8(12)5-14-10/h2-3,5H,4H2,1H3. The van der Waals surface area contributed by atoms with Crippen LogP contribution in [0.3, 0.4) is 0 Å². The van der Waals surface area contributed by atoms with Crippen LogP contribution in [0.2, 0.25) is 0 Å². The van der Waals surface area contributed by atoms with E-state index in [-0.39, 0.29) is 0 Å². The second kappa shape index (κ2) is 4.24. The van der Waals surface area contributed by atoms with Gasteiger partial charge in [-0.3, -0.25) is 0 Å². The lowest BCUT2D eigenvalue weighted by Crippen LogP contribution is -1.88. The Labute approximate surface area is 105 Å². The first-order chi connectivity index (χ1) is 6.76. The monoisotopic (exact) mass is 338 g/mol. The molecule has 1 aromatic carbocycles. The van der Waals surface area contributed by atoms with Crippen molar-refractivity contribution >= 4 is 55.6 Å². The molecule has 0 aliphatic heterocycles. The van der Waals surface area contributed by atoms with Crippen LogP contribution in [0.15, 0.2) is 17.5 Å². The lowest BCUT2D eigenvalue weighted by Gasteiger charge is -2.05. The van der Waals surface area contributed by atoms with Crippen LogP contribution in [-0.2, 0) is 5.88 Å². The van der Waals surface area contributed by atoms with E-state index in [1.54, 1.807) is 18.4 Å². The Kier molecular flexibility index (Phi) is 3.19. The van der Waals surface area contributed by atoms with Gasteiger partial charge in [-0.2, -0.15) is 0 Å². The number of rotatable bonds is 2. The first kappa shape index (κ1) is 10.5. The summed E-state index contributed by atoms with van der Waals surface area (Å²) in [7, 11) is 1.68. The zero-order chi connectivity index (χ0) is 10.1. The van der Waals surface area contributed by atoms with Gasteiger partial charge in [-0.25, -0.2) is 0 Å². The van der Waals surface area contributed by atoms with Gasteiger partial charge in [0.15, 0.2) is 0 Å². The molecule has 0 radical (unpaired) electrons. The van der Waals surface area contributed by atoms with E-state index >= 15 is 0 Å². The molecule has 74 valence electrons. The maximum Gasteiger partial charge on any atom is 0.124 e. The van der Waals surface area contributed by atoms with Crippen molar-refractivity contribution in [3.8, 4) is 5.75 Å². The van der Waals surface area contributed by atoms with Crippen molar-refractivity contribution in [2.24, 2.45) is 0 Å². The average molecular weight is 339 g/mol. The molecule has 14 heavy (non-hydrogen) atoms. The third kappa shape index (κ3) is 1.73. The molecule has 2 rings (SSSR count). The van der Waals surface area contributed by atoms with Crippen LogP contribution in [0.25, 0.3) is 10.1 Å². The Balaban J connectivity index is 2.71. The zero-order valence-corrected chi connectivity index (χ0v) is 11.2. The van der Waals surface area contributed by atoms with E-state index in [9.17, 15) is 0 Å². The van der Waals surface area contributed by atoms with Gasteiger partial charge in [-0.1, -0.05) is 0 Å². The van der Waals surface area contributed by atoms with Gasteiger partial charge in [0.1, 0.15) is 5.75 Å². The number of hydrogen-bond acceptors (Lipinski definition) is 2. The molecule has 0 spiro atoms. The smallest absolute Gasteiger partial charge is 0.124 e. The summed E-state index contributed by atoms with van der Waals surface area (Å²) in [5.74, 6) is 1.37. The highest BCUT2D eigenvalue weighted by Crippen LogP contribution is 2.33. The first-order valence-electron chi connectivity index (χ1n) is 4.06. The highest BCUT2D eigenvalue weighted by Gasteiger charge is 2.07. The molecule has 0 aliphatic rings. The van der Waals surface area contributed by atoms with Crippen molar-refractivity contribution in [3.63, 3.8) is 0 Å². The molecule has 0 bridgehead atoms. The van der Waals surface area contributed by atoms with E-state index in [1.807, 2.05) is 0 Å². The van der Waals surface area contributed by atoms with Crippen LogP contribution in [0.1, 0.15) is 5.56 Å². The fraction of sp³-hybridized carbons (Fsp3) is 0.200. The second-order valence-corrected chi connectivity index (χ2v) is 5.22. The highest BCUT2D eigenvalue weighted by molar-refractivity contribution is 14.1. The summed E-state index contributed by atoms with van der Waals surface area (Å²) in [5, 5.41) is 3.41. The van der Waals surface area contributed by atoms with Gasteiger partial charge in [0.2, 0.25) is 0 Å². The van der Waals surface area contributed by atoms with Crippen molar-refractivity contribution in [2.45, 2.75) is 5.88 Å². The van der Waals surface area contributed by atoms with Crippen molar-refractivity contribution in [1.29, 1.82) is 0 Å². The number of halogens is 2. The van der Waals surface area contributed by atoms with Crippen LogP contribution in [0.4, 0.5) is 0 Å². The SMILES string of the molecule is COc1cc2scc(I)c2cc1CCl. The molecule has 0 saturated carbocycles. The molecular weight excluding hydrogens is 331 g/mol.